The normalized spacial score (nSPS) is 16.2. The fourth-order valence-electron chi connectivity index (χ4n) is 2.67. The summed E-state index contributed by atoms with van der Waals surface area (Å²) in [6.07, 6.45) is 0.637. The van der Waals surface area contributed by atoms with Crippen molar-refractivity contribution in [2.75, 3.05) is 26.2 Å². The number of piperazine rings is 1. The minimum Gasteiger partial charge on any atom is -0.335 e. The molecule has 0 N–H and O–H groups in total. The summed E-state index contributed by atoms with van der Waals surface area (Å²) in [6.45, 7) is 3.02. The molecule has 2 aromatic rings. The van der Waals surface area contributed by atoms with Gasteiger partial charge in [-0.15, -0.1) is 5.10 Å². The molecule has 134 valence electrons. The van der Waals surface area contributed by atoms with Crippen LogP contribution in [0.4, 0.5) is 0 Å². The smallest absolute Gasteiger partial charge is 0.267 e. The number of nitrogens with zero attached hydrogens (tertiary/aromatic N) is 4. The highest BCUT2D eigenvalue weighted by atomic mass is 35.5. The van der Waals surface area contributed by atoms with E-state index in [9.17, 15) is 13.2 Å². The van der Waals surface area contributed by atoms with Gasteiger partial charge in [0, 0.05) is 26.2 Å². The van der Waals surface area contributed by atoms with E-state index in [4.69, 9.17) is 11.6 Å². The number of hydrogen-bond acceptors (Lipinski definition) is 6. The van der Waals surface area contributed by atoms with Crippen molar-refractivity contribution in [1.29, 1.82) is 0 Å². The van der Waals surface area contributed by atoms with E-state index < -0.39 is 10.0 Å². The van der Waals surface area contributed by atoms with Crippen molar-refractivity contribution in [3.8, 4) is 0 Å². The number of halogens is 1. The second-order valence-electron chi connectivity index (χ2n) is 5.53. The van der Waals surface area contributed by atoms with Gasteiger partial charge in [-0.1, -0.05) is 35.1 Å². The van der Waals surface area contributed by atoms with Gasteiger partial charge in [-0.3, -0.25) is 4.79 Å². The molecule has 1 amide bonds. The second-order valence-corrected chi connectivity index (χ2v) is 8.60. The first kappa shape index (κ1) is 18.2. The topological polar surface area (TPSA) is 83.5 Å². The Labute approximate surface area is 155 Å². The van der Waals surface area contributed by atoms with Crippen molar-refractivity contribution in [2.24, 2.45) is 0 Å². The molecule has 1 aliphatic heterocycles. The van der Waals surface area contributed by atoms with E-state index in [2.05, 4.69) is 9.59 Å². The van der Waals surface area contributed by atoms with E-state index in [0.717, 1.165) is 11.5 Å². The molecule has 3 rings (SSSR count). The van der Waals surface area contributed by atoms with Crippen LogP contribution >= 0.6 is 23.1 Å². The number of benzene rings is 1. The molecule has 0 saturated carbocycles. The van der Waals surface area contributed by atoms with Gasteiger partial charge >= 0.3 is 0 Å². The van der Waals surface area contributed by atoms with Gasteiger partial charge in [-0.25, -0.2) is 8.42 Å². The first-order valence-corrected chi connectivity index (χ1v) is 10.4. The van der Waals surface area contributed by atoms with Gasteiger partial charge in [0.15, 0.2) is 0 Å². The Hall–Kier alpha value is -1.55. The van der Waals surface area contributed by atoms with Crippen LogP contribution in [0.25, 0.3) is 0 Å². The maximum Gasteiger partial charge on any atom is 0.267 e. The van der Waals surface area contributed by atoms with Crippen LogP contribution in [0.3, 0.4) is 0 Å². The molecule has 25 heavy (non-hydrogen) atoms. The molecule has 0 spiro atoms. The average molecular weight is 401 g/mol. The number of amides is 1. The molecule has 0 bridgehead atoms. The van der Waals surface area contributed by atoms with Crippen LogP contribution in [-0.2, 0) is 16.4 Å². The van der Waals surface area contributed by atoms with E-state index in [-0.39, 0.29) is 28.9 Å². The SMILES string of the molecule is CCc1nnsc1C(=O)N1CCN(S(=O)(=O)c2ccccc2Cl)CC1. The Morgan fingerprint density at radius 3 is 2.56 bits per heavy atom. The van der Waals surface area contributed by atoms with Crippen molar-refractivity contribution < 1.29 is 13.2 Å². The predicted octanol–water partition coefficient (Wildman–Crippen LogP) is 1.90. The monoisotopic (exact) mass is 400 g/mol. The quantitative estimate of drug-likeness (QED) is 0.782. The summed E-state index contributed by atoms with van der Waals surface area (Å²) < 4.78 is 30.7. The second kappa shape index (κ2) is 7.36. The summed E-state index contributed by atoms with van der Waals surface area (Å²) in [5.74, 6) is -0.137. The summed E-state index contributed by atoms with van der Waals surface area (Å²) in [5, 5.41) is 4.15. The lowest BCUT2D eigenvalue weighted by Crippen LogP contribution is -2.50. The number of aryl methyl sites for hydroxylation is 1. The lowest BCUT2D eigenvalue weighted by Gasteiger charge is -2.33. The fourth-order valence-corrected chi connectivity index (χ4v) is 5.30. The molecule has 0 radical (unpaired) electrons. The Morgan fingerprint density at radius 1 is 1.24 bits per heavy atom. The Balaban J connectivity index is 1.72. The van der Waals surface area contributed by atoms with Gasteiger partial charge in [0.05, 0.1) is 10.7 Å². The van der Waals surface area contributed by atoms with Gasteiger partial charge in [-0.05, 0) is 30.1 Å². The lowest BCUT2D eigenvalue weighted by atomic mass is 10.2. The third-order valence-electron chi connectivity index (χ3n) is 4.07. The van der Waals surface area contributed by atoms with Crippen LogP contribution < -0.4 is 0 Å². The fraction of sp³-hybridized carbons (Fsp3) is 0.400. The highest BCUT2D eigenvalue weighted by Gasteiger charge is 2.32. The summed E-state index contributed by atoms with van der Waals surface area (Å²) >= 11 is 7.10. The number of carbonyl (C=O) groups is 1. The Morgan fingerprint density at radius 2 is 1.92 bits per heavy atom. The highest BCUT2D eigenvalue weighted by Crippen LogP contribution is 2.25. The van der Waals surface area contributed by atoms with Crippen LogP contribution in [0, 0.1) is 0 Å². The van der Waals surface area contributed by atoms with Crippen molar-refractivity contribution in [3.05, 3.63) is 39.9 Å². The molecule has 1 aromatic carbocycles. The Bertz CT molecular complexity index is 876. The molecule has 7 nitrogen and oxygen atoms in total. The third kappa shape index (κ3) is 3.55. The van der Waals surface area contributed by atoms with Crippen LogP contribution in [-0.4, -0.2) is 59.3 Å². The molecular weight excluding hydrogens is 384 g/mol. The number of carbonyl (C=O) groups excluding carboxylic acids is 1. The van der Waals surface area contributed by atoms with Gasteiger partial charge < -0.3 is 4.90 Å². The third-order valence-corrected chi connectivity index (χ3v) is 7.22. The van der Waals surface area contributed by atoms with Crippen LogP contribution in [0.1, 0.15) is 22.3 Å². The Kier molecular flexibility index (Phi) is 5.38. The zero-order chi connectivity index (χ0) is 18.0. The summed E-state index contributed by atoms with van der Waals surface area (Å²) in [4.78, 5) is 14.9. The molecule has 1 fully saturated rings. The molecule has 1 aromatic heterocycles. The van der Waals surface area contributed by atoms with Crippen molar-refractivity contribution in [2.45, 2.75) is 18.2 Å². The number of sulfonamides is 1. The summed E-state index contributed by atoms with van der Waals surface area (Å²) in [6, 6.07) is 6.37. The van der Waals surface area contributed by atoms with E-state index in [1.807, 2.05) is 6.92 Å². The van der Waals surface area contributed by atoms with Crippen molar-refractivity contribution in [3.63, 3.8) is 0 Å². The first-order valence-electron chi connectivity index (χ1n) is 7.80. The molecule has 1 aliphatic rings. The zero-order valence-corrected chi connectivity index (χ0v) is 15.9. The zero-order valence-electron chi connectivity index (χ0n) is 13.6. The van der Waals surface area contributed by atoms with Crippen LogP contribution in [0.2, 0.25) is 5.02 Å². The van der Waals surface area contributed by atoms with Crippen molar-refractivity contribution in [1.82, 2.24) is 18.8 Å². The minimum absolute atomic E-state index is 0.0939. The van der Waals surface area contributed by atoms with E-state index in [0.29, 0.717) is 30.1 Å². The average Bonchev–Trinajstić information content (AvgIpc) is 3.10. The number of aromatic nitrogens is 2. The minimum atomic E-state index is -3.67. The molecule has 0 unspecified atom stereocenters. The maximum absolute atomic E-state index is 12.7. The van der Waals surface area contributed by atoms with Gasteiger partial charge in [0.1, 0.15) is 9.77 Å². The molecular formula is C15H17ClN4O3S2. The molecule has 2 heterocycles. The van der Waals surface area contributed by atoms with E-state index in [1.165, 1.54) is 10.4 Å². The van der Waals surface area contributed by atoms with Crippen LogP contribution in [0.5, 0.6) is 0 Å². The van der Waals surface area contributed by atoms with Gasteiger partial charge in [0.2, 0.25) is 10.0 Å². The maximum atomic E-state index is 12.7. The van der Waals surface area contributed by atoms with Gasteiger partial charge in [0.25, 0.3) is 5.91 Å². The predicted molar refractivity (Wildman–Crippen MR) is 95.4 cm³/mol. The highest BCUT2D eigenvalue weighted by molar-refractivity contribution is 7.89. The molecule has 10 heteroatoms. The molecule has 0 aliphatic carbocycles. The van der Waals surface area contributed by atoms with Gasteiger partial charge in [-0.2, -0.15) is 4.31 Å². The summed E-state index contributed by atoms with van der Waals surface area (Å²) in [7, 11) is -3.67. The van der Waals surface area contributed by atoms with Crippen LogP contribution in [0.15, 0.2) is 29.2 Å². The standard InChI is InChI=1S/C15H17ClN4O3S2/c1-2-12-14(24-18-17-12)15(21)19-7-9-20(10-8-19)25(22,23)13-6-4-3-5-11(13)16/h3-6H,2,7-10H2,1H3. The summed E-state index contributed by atoms with van der Waals surface area (Å²) in [5.41, 5.74) is 0.682. The van der Waals surface area contributed by atoms with E-state index in [1.54, 1.807) is 23.1 Å². The lowest BCUT2D eigenvalue weighted by molar-refractivity contribution is 0.0701. The largest absolute Gasteiger partial charge is 0.335 e. The number of rotatable bonds is 4. The number of hydrogen-bond donors (Lipinski definition) is 0. The molecule has 0 atom stereocenters. The van der Waals surface area contributed by atoms with Crippen molar-refractivity contribution >= 4 is 39.1 Å². The van der Waals surface area contributed by atoms with E-state index >= 15 is 0 Å². The first-order chi connectivity index (χ1) is 11.9. The molecule has 1 saturated heterocycles.